The molecule has 2 heterocycles. The topological polar surface area (TPSA) is 76.7 Å². The quantitative estimate of drug-likeness (QED) is 0.893. The Morgan fingerprint density at radius 1 is 0.950 bits per heavy atom. The van der Waals surface area contributed by atoms with Crippen molar-refractivity contribution < 1.29 is 0 Å². The van der Waals surface area contributed by atoms with Gasteiger partial charge in [0.25, 0.3) is 0 Å². The third kappa shape index (κ3) is 3.11. The number of hydrogen-bond acceptors (Lipinski definition) is 5. The second-order valence-electron chi connectivity index (χ2n) is 5.29. The van der Waals surface area contributed by atoms with Crippen LogP contribution in [0, 0.1) is 0 Å². The maximum absolute atomic E-state index is 5.91. The normalized spacial score (nSPS) is 22.4. The van der Waals surface area contributed by atoms with Crippen LogP contribution in [-0.2, 0) is 0 Å². The van der Waals surface area contributed by atoms with E-state index in [9.17, 15) is 0 Å². The summed E-state index contributed by atoms with van der Waals surface area (Å²) in [6, 6.07) is 4.72. The monoisotopic (exact) mass is 269 g/mol. The van der Waals surface area contributed by atoms with Crippen molar-refractivity contribution in [3.8, 4) is 11.1 Å². The molecule has 0 saturated heterocycles. The van der Waals surface area contributed by atoms with E-state index in [4.69, 9.17) is 5.73 Å². The molecule has 0 bridgehead atoms. The highest BCUT2D eigenvalue weighted by Crippen LogP contribution is 2.21. The largest absolute Gasteiger partial charge is 0.351 e. The number of pyridine rings is 1. The Hall–Kier alpha value is -2.01. The van der Waals surface area contributed by atoms with Gasteiger partial charge in [-0.05, 0) is 43.4 Å². The van der Waals surface area contributed by atoms with Gasteiger partial charge in [0.05, 0.1) is 0 Å². The zero-order valence-electron chi connectivity index (χ0n) is 11.4. The van der Waals surface area contributed by atoms with Gasteiger partial charge in [-0.15, -0.1) is 0 Å². The van der Waals surface area contributed by atoms with E-state index in [0.29, 0.717) is 18.0 Å². The van der Waals surface area contributed by atoms with Crippen molar-refractivity contribution in [2.45, 2.75) is 37.8 Å². The number of nitrogens with one attached hydrogen (secondary N) is 1. The lowest BCUT2D eigenvalue weighted by Crippen LogP contribution is -2.33. The van der Waals surface area contributed by atoms with Gasteiger partial charge in [0.15, 0.2) is 0 Å². The van der Waals surface area contributed by atoms with Crippen LogP contribution in [0.2, 0.25) is 0 Å². The molecular formula is C15H19N5. The van der Waals surface area contributed by atoms with Gasteiger partial charge in [-0.3, -0.25) is 4.98 Å². The summed E-state index contributed by atoms with van der Waals surface area (Å²) in [5, 5.41) is 3.39. The highest BCUT2D eigenvalue weighted by Gasteiger charge is 2.18. The number of anilines is 1. The molecule has 0 spiro atoms. The molecular weight excluding hydrogens is 250 g/mol. The lowest BCUT2D eigenvalue weighted by atomic mass is 9.92. The molecule has 3 N–H and O–H groups in total. The minimum absolute atomic E-state index is 0.364. The molecule has 0 aromatic carbocycles. The molecule has 104 valence electrons. The lowest BCUT2D eigenvalue weighted by Gasteiger charge is -2.26. The third-order valence-corrected chi connectivity index (χ3v) is 3.77. The van der Waals surface area contributed by atoms with Crippen LogP contribution in [0.25, 0.3) is 11.1 Å². The van der Waals surface area contributed by atoms with Gasteiger partial charge < -0.3 is 11.1 Å². The average molecular weight is 269 g/mol. The molecule has 2 aromatic heterocycles. The van der Waals surface area contributed by atoms with Gasteiger partial charge in [-0.1, -0.05) is 0 Å². The van der Waals surface area contributed by atoms with E-state index in [-0.39, 0.29) is 0 Å². The van der Waals surface area contributed by atoms with E-state index < -0.39 is 0 Å². The van der Waals surface area contributed by atoms with Crippen LogP contribution in [-0.4, -0.2) is 27.0 Å². The first kappa shape index (κ1) is 13.0. The summed E-state index contributed by atoms with van der Waals surface area (Å²) < 4.78 is 0. The Morgan fingerprint density at radius 3 is 2.25 bits per heavy atom. The molecule has 1 fully saturated rings. The van der Waals surface area contributed by atoms with Crippen molar-refractivity contribution in [2.75, 3.05) is 5.32 Å². The fourth-order valence-electron chi connectivity index (χ4n) is 2.54. The van der Waals surface area contributed by atoms with Crippen LogP contribution >= 0.6 is 0 Å². The first-order chi connectivity index (χ1) is 9.81. The van der Waals surface area contributed by atoms with Gasteiger partial charge in [-0.2, -0.15) is 0 Å². The Bertz CT molecular complexity index is 532. The van der Waals surface area contributed by atoms with Gasteiger partial charge in [0, 0.05) is 42.4 Å². The van der Waals surface area contributed by atoms with Crippen molar-refractivity contribution in [3.05, 3.63) is 36.9 Å². The predicted molar refractivity (Wildman–Crippen MR) is 79.1 cm³/mol. The van der Waals surface area contributed by atoms with Crippen LogP contribution in [0.5, 0.6) is 0 Å². The fraction of sp³-hybridized carbons (Fsp3) is 0.400. The van der Waals surface area contributed by atoms with Gasteiger partial charge in [0.2, 0.25) is 5.95 Å². The highest BCUT2D eigenvalue weighted by atomic mass is 15.1. The van der Waals surface area contributed by atoms with Crippen LogP contribution < -0.4 is 11.1 Å². The Morgan fingerprint density at radius 2 is 1.60 bits per heavy atom. The molecule has 1 aliphatic carbocycles. The first-order valence-corrected chi connectivity index (χ1v) is 7.06. The van der Waals surface area contributed by atoms with E-state index in [1.54, 1.807) is 12.4 Å². The third-order valence-electron chi connectivity index (χ3n) is 3.77. The van der Waals surface area contributed by atoms with Crippen LogP contribution in [0.15, 0.2) is 36.9 Å². The lowest BCUT2D eigenvalue weighted by molar-refractivity contribution is 0.410. The summed E-state index contributed by atoms with van der Waals surface area (Å²) in [5.41, 5.74) is 7.99. The van der Waals surface area contributed by atoms with Crippen molar-refractivity contribution in [3.63, 3.8) is 0 Å². The molecule has 0 aliphatic heterocycles. The minimum atomic E-state index is 0.364. The molecule has 0 amide bonds. The molecule has 5 heteroatoms. The number of nitrogens with two attached hydrogens (primary N) is 1. The molecule has 5 nitrogen and oxygen atoms in total. The van der Waals surface area contributed by atoms with E-state index in [1.807, 2.05) is 24.5 Å². The predicted octanol–water partition coefficient (Wildman–Crippen LogP) is 2.22. The van der Waals surface area contributed by atoms with Crippen molar-refractivity contribution >= 4 is 5.95 Å². The number of rotatable bonds is 3. The number of nitrogens with zero attached hydrogens (tertiary/aromatic N) is 3. The summed E-state index contributed by atoms with van der Waals surface area (Å²) in [5.74, 6) is 0.697. The van der Waals surface area contributed by atoms with Crippen molar-refractivity contribution in [1.82, 2.24) is 15.0 Å². The van der Waals surface area contributed by atoms with E-state index in [0.717, 1.165) is 36.8 Å². The summed E-state index contributed by atoms with van der Waals surface area (Å²) in [4.78, 5) is 12.8. The van der Waals surface area contributed by atoms with E-state index in [1.165, 1.54) is 0 Å². The second-order valence-corrected chi connectivity index (χ2v) is 5.29. The van der Waals surface area contributed by atoms with Crippen LogP contribution in [0.3, 0.4) is 0 Å². The molecule has 0 atom stereocenters. The van der Waals surface area contributed by atoms with Gasteiger partial charge in [-0.25, -0.2) is 9.97 Å². The molecule has 1 aliphatic rings. The van der Waals surface area contributed by atoms with Crippen LogP contribution in [0.4, 0.5) is 5.95 Å². The Labute approximate surface area is 118 Å². The maximum Gasteiger partial charge on any atom is 0.222 e. The van der Waals surface area contributed by atoms with Gasteiger partial charge in [0.1, 0.15) is 0 Å². The molecule has 2 aromatic rings. The van der Waals surface area contributed by atoms with Gasteiger partial charge >= 0.3 is 0 Å². The fourth-order valence-corrected chi connectivity index (χ4v) is 2.54. The van der Waals surface area contributed by atoms with Crippen LogP contribution in [0.1, 0.15) is 25.7 Å². The zero-order valence-corrected chi connectivity index (χ0v) is 11.4. The molecule has 20 heavy (non-hydrogen) atoms. The minimum Gasteiger partial charge on any atom is -0.351 e. The maximum atomic E-state index is 5.91. The first-order valence-electron chi connectivity index (χ1n) is 7.06. The average Bonchev–Trinajstić information content (AvgIpc) is 2.51. The molecule has 1 saturated carbocycles. The molecule has 0 radical (unpaired) electrons. The smallest absolute Gasteiger partial charge is 0.222 e. The number of hydrogen-bond donors (Lipinski definition) is 2. The Kier molecular flexibility index (Phi) is 3.87. The van der Waals surface area contributed by atoms with Crippen molar-refractivity contribution in [2.24, 2.45) is 5.73 Å². The highest BCUT2D eigenvalue weighted by molar-refractivity contribution is 5.61. The molecule has 0 unspecified atom stereocenters. The number of aromatic nitrogens is 3. The summed E-state index contributed by atoms with van der Waals surface area (Å²) in [6.45, 7) is 0. The summed E-state index contributed by atoms with van der Waals surface area (Å²) >= 11 is 0. The Balaban J connectivity index is 1.65. The van der Waals surface area contributed by atoms with Crippen molar-refractivity contribution in [1.29, 1.82) is 0 Å². The standard InChI is InChI=1S/C15H19N5/c16-13-1-3-14(4-2-13)20-15-18-9-12(10-19-15)11-5-7-17-8-6-11/h5-10,13-14H,1-4,16H2,(H,18,19,20). The molecule has 3 rings (SSSR count). The SMILES string of the molecule is NC1CCC(Nc2ncc(-c3ccncc3)cn2)CC1. The van der Waals surface area contributed by atoms with E-state index >= 15 is 0 Å². The second kappa shape index (κ2) is 5.96. The summed E-state index contributed by atoms with van der Waals surface area (Å²) in [6.07, 6.45) is 11.6. The summed E-state index contributed by atoms with van der Waals surface area (Å²) in [7, 11) is 0. The zero-order chi connectivity index (χ0) is 13.8. The van der Waals surface area contributed by atoms with E-state index in [2.05, 4.69) is 20.3 Å².